The first-order valence-electron chi connectivity index (χ1n) is 12.5. The van der Waals surface area contributed by atoms with Crippen LogP contribution in [-0.4, -0.2) is 11.9 Å². The van der Waals surface area contributed by atoms with E-state index in [0.717, 1.165) is 17.9 Å². The van der Waals surface area contributed by atoms with Crippen molar-refractivity contribution >= 4 is 23.5 Å². The van der Waals surface area contributed by atoms with Gasteiger partial charge in [-0.05, 0) is 35.1 Å². The molecule has 4 atom stereocenters. The maximum atomic E-state index is 6.50. The zero-order valence-electron chi connectivity index (χ0n) is 20.3. The summed E-state index contributed by atoms with van der Waals surface area (Å²) in [4.78, 5) is 0. The molecule has 1 aliphatic rings. The largest absolute Gasteiger partial charge is 0.347 e. The van der Waals surface area contributed by atoms with Crippen LogP contribution in [0.25, 0.3) is 0 Å². The van der Waals surface area contributed by atoms with Crippen LogP contribution in [0.3, 0.4) is 0 Å². The van der Waals surface area contributed by atoms with E-state index in [9.17, 15) is 0 Å². The predicted octanol–water partition coefficient (Wildman–Crippen LogP) is 9.16. The van der Waals surface area contributed by atoms with Crippen molar-refractivity contribution in [3.63, 3.8) is 0 Å². The fourth-order valence-corrected chi connectivity index (χ4v) is 7.62. The lowest BCUT2D eigenvalue weighted by atomic mass is 10.0. The second-order valence-corrected chi connectivity index (χ2v) is 11.7. The van der Waals surface area contributed by atoms with E-state index >= 15 is 0 Å². The molecule has 1 aliphatic heterocycles. The molecule has 1 heterocycles. The minimum Gasteiger partial charge on any atom is -0.347 e. The van der Waals surface area contributed by atoms with E-state index in [1.54, 1.807) is 0 Å². The summed E-state index contributed by atoms with van der Waals surface area (Å²) >= 11 is 4.05. The minimum absolute atomic E-state index is 0.0327. The van der Waals surface area contributed by atoms with E-state index in [1.807, 2.05) is 23.5 Å². The molecule has 0 radical (unpaired) electrons. The molecule has 4 aromatic rings. The number of ether oxygens (including phenoxy) is 2. The number of hydrogen-bond donors (Lipinski definition) is 0. The molecule has 1 saturated heterocycles. The molecule has 4 unspecified atom stereocenters. The third-order valence-electron chi connectivity index (χ3n) is 6.62. The van der Waals surface area contributed by atoms with E-state index in [4.69, 9.17) is 9.47 Å². The Labute approximate surface area is 223 Å². The lowest BCUT2D eigenvalue weighted by molar-refractivity contribution is -0.124. The zero-order chi connectivity index (χ0) is 24.4. The van der Waals surface area contributed by atoms with Crippen molar-refractivity contribution in [1.82, 2.24) is 0 Å². The van der Waals surface area contributed by atoms with Crippen molar-refractivity contribution in [1.29, 1.82) is 0 Å². The van der Waals surface area contributed by atoms with Crippen molar-refractivity contribution in [2.45, 2.75) is 35.5 Å². The summed E-state index contributed by atoms with van der Waals surface area (Å²) in [5.74, 6) is 0. The second kappa shape index (κ2) is 13.2. The van der Waals surface area contributed by atoms with Crippen LogP contribution in [0.4, 0.5) is 0 Å². The van der Waals surface area contributed by atoms with Gasteiger partial charge in [-0.25, -0.2) is 0 Å². The van der Waals surface area contributed by atoms with Crippen LogP contribution in [-0.2, 0) is 9.47 Å². The highest BCUT2D eigenvalue weighted by molar-refractivity contribution is 8.16. The Morgan fingerprint density at radius 3 is 1.14 bits per heavy atom. The highest BCUT2D eigenvalue weighted by Crippen LogP contribution is 2.45. The Balaban J connectivity index is 1.44. The van der Waals surface area contributed by atoms with E-state index in [1.165, 1.54) is 22.3 Å². The number of rotatable bonds is 4. The van der Waals surface area contributed by atoms with E-state index in [-0.39, 0.29) is 19.0 Å². The first-order chi connectivity index (χ1) is 17.9. The Morgan fingerprint density at radius 1 is 0.444 bits per heavy atom. The molecule has 5 rings (SSSR count). The van der Waals surface area contributed by atoms with Gasteiger partial charge in [-0.1, -0.05) is 121 Å². The highest BCUT2D eigenvalue weighted by atomic mass is 32.2. The van der Waals surface area contributed by atoms with E-state index in [2.05, 4.69) is 121 Å². The number of thioether (sulfide) groups is 2. The lowest BCUT2D eigenvalue weighted by Gasteiger charge is -2.29. The average Bonchev–Trinajstić information content (AvgIpc) is 2.95. The molecule has 0 amide bonds. The molecule has 4 heteroatoms. The van der Waals surface area contributed by atoms with E-state index in [0.29, 0.717) is 10.5 Å². The van der Waals surface area contributed by atoms with Crippen molar-refractivity contribution in [2.75, 3.05) is 11.9 Å². The maximum Gasteiger partial charge on any atom is 0.148 e. The summed E-state index contributed by atoms with van der Waals surface area (Å²) in [5, 5.41) is 1.68. The Morgan fingerprint density at radius 2 is 0.778 bits per heavy atom. The molecular weight excluding hydrogens is 480 g/mol. The van der Waals surface area contributed by atoms with Gasteiger partial charge in [0.05, 0.1) is 12.2 Å². The maximum absolute atomic E-state index is 6.50. The average molecular weight is 513 g/mol. The summed E-state index contributed by atoms with van der Waals surface area (Å²) in [6.07, 6.45) is 1.73. The smallest absolute Gasteiger partial charge is 0.148 e. The minimum atomic E-state index is -0.0327. The number of benzene rings is 4. The summed E-state index contributed by atoms with van der Waals surface area (Å²) in [5.41, 5.74) is 5.10. The van der Waals surface area contributed by atoms with Crippen LogP contribution in [0.1, 0.15) is 57.8 Å². The first kappa shape index (κ1) is 25.2. The zero-order valence-corrected chi connectivity index (χ0v) is 22.0. The standard InChI is InChI=1S/C32H32O2S2/c1-5-13-25(14-6-1)29-21-31(27-17-9-3-10-18-27)35-24-36-32(28-19-11-4-12-20-28)22-30(34-23-33-29)26-15-7-2-8-16-26/h1-20,29-32H,21-24H2. The molecule has 0 aliphatic carbocycles. The normalized spacial score (nSPS) is 23.8. The van der Waals surface area contributed by atoms with Gasteiger partial charge in [-0.15, -0.1) is 23.5 Å². The SMILES string of the molecule is c1ccc(C2CC(c3ccccc3)SCSC(c3ccccc3)CC(c3ccccc3)OCO2)cc1. The van der Waals surface area contributed by atoms with Gasteiger partial charge in [0.1, 0.15) is 6.79 Å². The molecule has 0 saturated carbocycles. The van der Waals surface area contributed by atoms with Gasteiger partial charge >= 0.3 is 0 Å². The molecule has 2 nitrogen and oxygen atoms in total. The van der Waals surface area contributed by atoms with Gasteiger partial charge in [0.2, 0.25) is 0 Å². The predicted molar refractivity (Wildman–Crippen MR) is 153 cm³/mol. The molecule has 0 aromatic heterocycles. The van der Waals surface area contributed by atoms with Gasteiger partial charge in [0.25, 0.3) is 0 Å². The van der Waals surface area contributed by atoms with Crippen molar-refractivity contribution in [3.05, 3.63) is 144 Å². The van der Waals surface area contributed by atoms with Gasteiger partial charge in [-0.2, -0.15) is 0 Å². The van der Waals surface area contributed by atoms with Gasteiger partial charge in [-0.3, -0.25) is 0 Å². The van der Waals surface area contributed by atoms with Crippen LogP contribution in [0.2, 0.25) is 0 Å². The van der Waals surface area contributed by atoms with Crippen molar-refractivity contribution < 1.29 is 9.47 Å². The quantitative estimate of drug-likeness (QED) is 0.271. The Bertz CT molecular complexity index is 970. The lowest BCUT2D eigenvalue weighted by Crippen LogP contribution is -2.16. The molecule has 0 N–H and O–H groups in total. The third-order valence-corrected chi connectivity index (χ3v) is 9.44. The molecule has 184 valence electrons. The van der Waals surface area contributed by atoms with Crippen LogP contribution in [0.5, 0.6) is 0 Å². The number of hydrogen-bond acceptors (Lipinski definition) is 4. The van der Waals surface area contributed by atoms with Crippen LogP contribution >= 0.6 is 23.5 Å². The Kier molecular flexibility index (Phi) is 9.20. The van der Waals surface area contributed by atoms with Crippen molar-refractivity contribution in [2.24, 2.45) is 0 Å². The Hall–Kier alpha value is -2.50. The first-order valence-corrected chi connectivity index (χ1v) is 14.6. The van der Waals surface area contributed by atoms with Gasteiger partial charge in [0, 0.05) is 15.6 Å². The van der Waals surface area contributed by atoms with Crippen LogP contribution < -0.4 is 0 Å². The highest BCUT2D eigenvalue weighted by Gasteiger charge is 2.26. The molecule has 0 bridgehead atoms. The van der Waals surface area contributed by atoms with Crippen molar-refractivity contribution in [3.8, 4) is 0 Å². The summed E-state index contributed by atoms with van der Waals surface area (Å²) in [7, 11) is 0. The molecular formula is C32H32O2S2. The van der Waals surface area contributed by atoms with Gasteiger partial charge < -0.3 is 9.47 Å². The summed E-state index contributed by atoms with van der Waals surface area (Å²) in [6, 6.07) is 42.8. The fourth-order valence-electron chi connectivity index (χ4n) is 4.67. The van der Waals surface area contributed by atoms with Crippen LogP contribution in [0, 0.1) is 0 Å². The molecule has 0 spiro atoms. The fraction of sp³-hybridized carbons (Fsp3) is 0.250. The summed E-state index contributed by atoms with van der Waals surface area (Å²) < 4.78 is 13.0. The summed E-state index contributed by atoms with van der Waals surface area (Å²) in [6.45, 7) is 0.261. The third kappa shape index (κ3) is 6.83. The second-order valence-electron chi connectivity index (χ2n) is 8.97. The molecule has 36 heavy (non-hydrogen) atoms. The topological polar surface area (TPSA) is 18.5 Å². The van der Waals surface area contributed by atoms with E-state index < -0.39 is 0 Å². The monoisotopic (exact) mass is 512 g/mol. The molecule has 4 aromatic carbocycles. The van der Waals surface area contributed by atoms with Gasteiger partial charge in [0.15, 0.2) is 0 Å². The molecule has 1 fully saturated rings. The van der Waals surface area contributed by atoms with Crippen LogP contribution in [0.15, 0.2) is 121 Å².